The van der Waals surface area contributed by atoms with Crippen molar-refractivity contribution in [2.24, 2.45) is 5.73 Å². The van der Waals surface area contributed by atoms with Crippen LogP contribution in [0.25, 0.3) is 5.69 Å². The van der Waals surface area contributed by atoms with Gasteiger partial charge in [-0.1, -0.05) is 6.07 Å². The molecule has 0 radical (unpaired) electrons. The van der Waals surface area contributed by atoms with Crippen LogP contribution in [0.5, 0.6) is 0 Å². The monoisotopic (exact) mass is 449 g/mol. The Kier molecular flexibility index (Phi) is 6.36. The third-order valence-corrected chi connectivity index (χ3v) is 5.36. The summed E-state index contributed by atoms with van der Waals surface area (Å²) in [6, 6.07) is 11.7. The molecule has 0 bridgehead atoms. The van der Waals surface area contributed by atoms with Gasteiger partial charge in [-0.25, -0.2) is 4.79 Å². The van der Waals surface area contributed by atoms with Crippen LogP contribution in [-0.4, -0.2) is 52.8 Å². The number of nitrogens with one attached hydrogen (secondary N) is 1. The number of carboxylic acids is 1. The van der Waals surface area contributed by atoms with E-state index in [1.54, 1.807) is 36.5 Å². The Balaban J connectivity index is 1.77. The molecule has 1 aliphatic heterocycles. The third-order valence-electron chi connectivity index (χ3n) is 5.36. The Bertz CT molecular complexity index is 1240. The van der Waals surface area contributed by atoms with Crippen molar-refractivity contribution in [3.8, 4) is 5.69 Å². The van der Waals surface area contributed by atoms with E-state index < -0.39 is 17.4 Å². The Morgan fingerprint density at radius 1 is 1.12 bits per heavy atom. The minimum absolute atomic E-state index is 0.191. The van der Waals surface area contributed by atoms with Gasteiger partial charge in [-0.15, -0.1) is 0 Å². The van der Waals surface area contributed by atoms with E-state index in [4.69, 9.17) is 10.5 Å². The molecule has 0 saturated carbocycles. The van der Waals surface area contributed by atoms with Crippen molar-refractivity contribution < 1.29 is 19.4 Å². The lowest BCUT2D eigenvalue weighted by atomic mass is 10.1. The molecule has 10 nitrogen and oxygen atoms in total. The number of aromatic nitrogens is 2. The molecule has 4 N–H and O–H groups in total. The highest BCUT2D eigenvalue weighted by atomic mass is 16.5. The van der Waals surface area contributed by atoms with Crippen molar-refractivity contribution in [2.45, 2.75) is 6.54 Å². The van der Waals surface area contributed by atoms with E-state index in [-0.39, 0.29) is 17.8 Å². The standard InChI is InChI=1S/C23H23N5O5/c24-21(29)15-4-5-18(19(13-15)27-9-11-33-12-10-27)28-8-6-17(20(22(28)30)23(31)32)26-14-16-3-1-2-7-25-16/h1-8,13,26H,9-12,14H2,(H2,24,29)(H,31,32). The molecular weight excluding hydrogens is 426 g/mol. The smallest absolute Gasteiger partial charge is 0.343 e. The number of pyridine rings is 2. The van der Waals surface area contributed by atoms with Crippen molar-refractivity contribution in [2.75, 3.05) is 36.5 Å². The average Bonchev–Trinajstić information content (AvgIpc) is 2.83. The van der Waals surface area contributed by atoms with Crippen LogP contribution in [0.4, 0.5) is 11.4 Å². The fourth-order valence-corrected chi connectivity index (χ4v) is 3.71. The molecule has 0 unspecified atom stereocenters. The first-order chi connectivity index (χ1) is 16.0. The zero-order valence-electron chi connectivity index (χ0n) is 17.7. The number of carboxylic acid groups (broad SMARTS) is 1. The molecule has 1 fully saturated rings. The van der Waals surface area contributed by atoms with Crippen LogP contribution >= 0.6 is 0 Å². The maximum absolute atomic E-state index is 13.3. The number of primary amides is 1. The van der Waals surface area contributed by atoms with E-state index in [0.29, 0.717) is 48.9 Å². The number of amides is 1. The summed E-state index contributed by atoms with van der Waals surface area (Å²) in [6.45, 7) is 2.35. The van der Waals surface area contributed by atoms with E-state index in [1.165, 1.54) is 16.8 Å². The Morgan fingerprint density at radius 2 is 1.91 bits per heavy atom. The first kappa shape index (κ1) is 22.0. The van der Waals surface area contributed by atoms with Gasteiger partial charge in [-0.3, -0.25) is 19.1 Å². The Morgan fingerprint density at radius 3 is 2.58 bits per heavy atom. The molecule has 1 aliphatic rings. The zero-order valence-corrected chi connectivity index (χ0v) is 17.7. The number of nitrogens with zero attached hydrogens (tertiary/aromatic N) is 3. The summed E-state index contributed by atoms with van der Waals surface area (Å²) in [7, 11) is 0. The SMILES string of the molecule is NC(=O)c1ccc(-n2ccc(NCc3ccccn3)c(C(=O)O)c2=O)c(N2CCOCC2)c1. The van der Waals surface area contributed by atoms with Gasteiger partial charge in [0.15, 0.2) is 0 Å². The van der Waals surface area contributed by atoms with Gasteiger partial charge in [0, 0.05) is 31.0 Å². The second kappa shape index (κ2) is 9.53. The number of hydrogen-bond donors (Lipinski definition) is 3. The summed E-state index contributed by atoms with van der Waals surface area (Å²) in [4.78, 5) is 43.2. The van der Waals surface area contributed by atoms with Crippen LogP contribution in [0.15, 0.2) is 59.7 Å². The van der Waals surface area contributed by atoms with Crippen molar-refractivity contribution in [1.29, 1.82) is 0 Å². The quantitative estimate of drug-likeness (QED) is 0.493. The third kappa shape index (κ3) is 4.70. The molecule has 0 atom stereocenters. The number of aromatic carboxylic acids is 1. The van der Waals surface area contributed by atoms with Crippen LogP contribution in [-0.2, 0) is 11.3 Å². The number of hydrogen-bond acceptors (Lipinski definition) is 7. The fourth-order valence-electron chi connectivity index (χ4n) is 3.71. The molecular formula is C23H23N5O5. The summed E-state index contributed by atoms with van der Waals surface area (Å²) in [6.07, 6.45) is 3.15. The van der Waals surface area contributed by atoms with Gasteiger partial charge >= 0.3 is 5.97 Å². The predicted octanol–water partition coefficient (Wildman–Crippen LogP) is 1.48. The molecule has 3 aromatic rings. The van der Waals surface area contributed by atoms with Gasteiger partial charge in [0.05, 0.1) is 42.5 Å². The molecule has 2 aromatic heterocycles. The summed E-state index contributed by atoms with van der Waals surface area (Å²) >= 11 is 0. The Hall–Kier alpha value is -4.18. The van der Waals surface area contributed by atoms with Crippen LogP contribution < -0.4 is 21.5 Å². The highest BCUT2D eigenvalue weighted by molar-refractivity contribution is 5.95. The zero-order chi connectivity index (χ0) is 23.4. The Labute approximate surface area is 189 Å². The molecule has 1 amide bonds. The number of carbonyl (C=O) groups excluding carboxylic acids is 1. The van der Waals surface area contributed by atoms with E-state index in [0.717, 1.165) is 0 Å². The lowest BCUT2D eigenvalue weighted by Crippen LogP contribution is -2.37. The molecule has 0 aliphatic carbocycles. The summed E-state index contributed by atoms with van der Waals surface area (Å²) < 4.78 is 6.67. The van der Waals surface area contributed by atoms with Crippen LogP contribution in [0.1, 0.15) is 26.4 Å². The predicted molar refractivity (Wildman–Crippen MR) is 122 cm³/mol. The molecule has 4 rings (SSSR count). The number of rotatable bonds is 7. The number of morpholine rings is 1. The minimum atomic E-state index is -1.35. The topological polar surface area (TPSA) is 140 Å². The van der Waals surface area contributed by atoms with Crippen LogP contribution in [0, 0.1) is 0 Å². The van der Waals surface area contributed by atoms with Crippen LogP contribution in [0.3, 0.4) is 0 Å². The summed E-state index contributed by atoms with van der Waals surface area (Å²) in [5, 5.41) is 12.8. The van der Waals surface area contributed by atoms with Crippen molar-refractivity contribution in [3.05, 3.63) is 82.0 Å². The summed E-state index contributed by atoms with van der Waals surface area (Å²) in [5.41, 5.74) is 6.60. The lowest BCUT2D eigenvalue weighted by Gasteiger charge is -2.31. The van der Waals surface area contributed by atoms with Crippen LogP contribution in [0.2, 0.25) is 0 Å². The van der Waals surface area contributed by atoms with E-state index >= 15 is 0 Å². The average molecular weight is 449 g/mol. The van der Waals surface area contributed by atoms with E-state index in [2.05, 4.69) is 10.3 Å². The molecule has 1 saturated heterocycles. The lowest BCUT2D eigenvalue weighted by molar-refractivity contribution is 0.0695. The van der Waals surface area contributed by atoms with Gasteiger partial charge < -0.3 is 25.8 Å². The van der Waals surface area contributed by atoms with Gasteiger partial charge in [0.2, 0.25) is 5.91 Å². The van der Waals surface area contributed by atoms with Gasteiger partial charge in [-0.2, -0.15) is 0 Å². The number of carbonyl (C=O) groups is 2. The fraction of sp³-hybridized carbons (Fsp3) is 0.217. The molecule has 170 valence electrons. The van der Waals surface area contributed by atoms with E-state index in [1.807, 2.05) is 11.0 Å². The summed E-state index contributed by atoms with van der Waals surface area (Å²) in [5.74, 6) is -1.94. The molecule has 3 heterocycles. The molecule has 0 spiro atoms. The van der Waals surface area contributed by atoms with Crippen molar-refractivity contribution in [1.82, 2.24) is 9.55 Å². The highest BCUT2D eigenvalue weighted by Crippen LogP contribution is 2.27. The second-order valence-electron chi connectivity index (χ2n) is 7.43. The van der Waals surface area contributed by atoms with Crippen molar-refractivity contribution >= 4 is 23.3 Å². The maximum Gasteiger partial charge on any atom is 0.343 e. The highest BCUT2D eigenvalue weighted by Gasteiger charge is 2.22. The van der Waals surface area contributed by atoms with Gasteiger partial charge in [-0.05, 0) is 36.4 Å². The number of anilines is 2. The molecule has 10 heteroatoms. The first-order valence-corrected chi connectivity index (χ1v) is 10.4. The second-order valence-corrected chi connectivity index (χ2v) is 7.43. The number of nitrogens with two attached hydrogens (primary N) is 1. The maximum atomic E-state index is 13.3. The number of benzene rings is 1. The molecule has 1 aromatic carbocycles. The van der Waals surface area contributed by atoms with Gasteiger partial charge in [0.25, 0.3) is 5.56 Å². The minimum Gasteiger partial charge on any atom is -0.477 e. The first-order valence-electron chi connectivity index (χ1n) is 10.4. The van der Waals surface area contributed by atoms with E-state index in [9.17, 15) is 19.5 Å². The van der Waals surface area contributed by atoms with Gasteiger partial charge in [0.1, 0.15) is 5.56 Å². The normalized spacial score (nSPS) is 13.5. The largest absolute Gasteiger partial charge is 0.477 e. The molecule has 33 heavy (non-hydrogen) atoms. The van der Waals surface area contributed by atoms with Crippen molar-refractivity contribution in [3.63, 3.8) is 0 Å². The number of ether oxygens (including phenoxy) is 1.